The van der Waals surface area contributed by atoms with E-state index in [-0.39, 0.29) is 0 Å². The van der Waals surface area contributed by atoms with Crippen LogP contribution in [0.3, 0.4) is 0 Å². The summed E-state index contributed by atoms with van der Waals surface area (Å²) in [5.74, 6) is 0.770. The number of H-pyrrole nitrogens is 1. The molecule has 0 spiro atoms. The van der Waals surface area contributed by atoms with Gasteiger partial charge in [-0.2, -0.15) is 0 Å². The first-order chi connectivity index (χ1) is 9.60. The van der Waals surface area contributed by atoms with Crippen LogP contribution in [-0.2, 0) is 0 Å². The fourth-order valence-corrected chi connectivity index (χ4v) is 2.81. The van der Waals surface area contributed by atoms with Gasteiger partial charge in [-0.25, -0.2) is 4.98 Å². The molecule has 0 aliphatic carbocycles. The molecule has 0 fully saturated rings. The van der Waals surface area contributed by atoms with Crippen LogP contribution in [0.1, 0.15) is 5.69 Å². The summed E-state index contributed by atoms with van der Waals surface area (Å²) in [6.45, 7) is 1.96. The number of imidazole rings is 1. The Balaban J connectivity index is 2.37. The number of pyridine rings is 1. The number of aromatic nitrogens is 3. The first kappa shape index (κ1) is 13.3. The highest BCUT2D eigenvalue weighted by atomic mass is 79.9. The Morgan fingerprint density at radius 1 is 1.30 bits per heavy atom. The van der Waals surface area contributed by atoms with Crippen molar-refractivity contribution in [2.24, 2.45) is 0 Å². The molecular weight excluding hydrogens is 338 g/mol. The Labute approximate surface area is 129 Å². The summed E-state index contributed by atoms with van der Waals surface area (Å²) in [6, 6.07) is 9.70. The van der Waals surface area contributed by atoms with Crippen molar-refractivity contribution in [3.8, 4) is 11.4 Å². The number of benzene rings is 1. The lowest BCUT2D eigenvalue weighted by Crippen LogP contribution is -1.98. The third-order valence-electron chi connectivity index (χ3n) is 3.07. The zero-order chi connectivity index (χ0) is 14.3. The highest BCUT2D eigenvalue weighted by Crippen LogP contribution is 2.28. The molecule has 0 aliphatic heterocycles. The predicted octanol–water partition coefficient (Wildman–Crippen LogP) is 4.16. The lowest BCUT2D eigenvalue weighted by Gasteiger charge is -2.09. The van der Waals surface area contributed by atoms with E-state index in [4.69, 9.17) is 17.0 Å². The number of aromatic amines is 1. The molecule has 1 aromatic carbocycles. The average molecular weight is 350 g/mol. The summed E-state index contributed by atoms with van der Waals surface area (Å²) in [4.78, 5) is 7.74. The molecule has 2 aromatic heterocycles. The maximum absolute atomic E-state index is 5.42. The number of halogens is 1. The number of hydrogen-bond acceptors (Lipinski definition) is 3. The van der Waals surface area contributed by atoms with E-state index in [1.165, 1.54) is 0 Å². The van der Waals surface area contributed by atoms with Crippen LogP contribution in [-0.4, -0.2) is 21.6 Å². The third-order valence-corrected chi connectivity index (χ3v) is 4.02. The molecule has 0 aliphatic rings. The Morgan fingerprint density at radius 3 is 2.85 bits per heavy atom. The van der Waals surface area contributed by atoms with Crippen molar-refractivity contribution in [2.75, 3.05) is 7.11 Å². The quantitative estimate of drug-likeness (QED) is 0.706. The highest BCUT2D eigenvalue weighted by molar-refractivity contribution is 9.10. The molecule has 6 heteroatoms. The fraction of sp³-hybridized carbons (Fsp3) is 0.143. The highest BCUT2D eigenvalue weighted by Gasteiger charge is 2.12. The lowest BCUT2D eigenvalue weighted by molar-refractivity contribution is 0.414. The van der Waals surface area contributed by atoms with E-state index in [1.807, 2.05) is 41.8 Å². The summed E-state index contributed by atoms with van der Waals surface area (Å²) in [5.41, 5.74) is 3.57. The number of fused-ring (bicyclic) bond motifs is 1. The van der Waals surface area contributed by atoms with Crippen molar-refractivity contribution in [1.29, 1.82) is 0 Å². The van der Waals surface area contributed by atoms with Gasteiger partial charge in [0.2, 0.25) is 0 Å². The smallest absolute Gasteiger partial charge is 0.184 e. The monoisotopic (exact) mass is 349 g/mol. The van der Waals surface area contributed by atoms with Gasteiger partial charge in [0.15, 0.2) is 10.4 Å². The molecule has 0 saturated carbocycles. The Hall–Kier alpha value is -1.66. The number of ether oxygens (including phenoxy) is 1. The summed E-state index contributed by atoms with van der Waals surface area (Å²) in [5, 5.41) is 0. The van der Waals surface area contributed by atoms with Crippen molar-refractivity contribution < 1.29 is 4.74 Å². The second-order valence-electron chi connectivity index (χ2n) is 4.41. The molecule has 20 heavy (non-hydrogen) atoms. The number of methoxy groups -OCH3 is 1. The molecule has 3 aromatic rings. The first-order valence-electron chi connectivity index (χ1n) is 6.02. The van der Waals surface area contributed by atoms with Gasteiger partial charge in [-0.1, -0.05) is 0 Å². The molecule has 102 valence electrons. The first-order valence-corrected chi connectivity index (χ1v) is 7.22. The van der Waals surface area contributed by atoms with Gasteiger partial charge in [-0.3, -0.25) is 4.57 Å². The predicted molar refractivity (Wildman–Crippen MR) is 85.2 cm³/mol. The Morgan fingerprint density at radius 2 is 2.10 bits per heavy atom. The van der Waals surface area contributed by atoms with E-state index >= 15 is 0 Å². The number of hydrogen-bond donors (Lipinski definition) is 1. The number of nitrogens with zero attached hydrogens (tertiary/aromatic N) is 2. The summed E-state index contributed by atoms with van der Waals surface area (Å²) < 4.78 is 8.72. The van der Waals surface area contributed by atoms with Crippen LogP contribution in [0.15, 0.2) is 34.8 Å². The fourth-order valence-electron chi connectivity index (χ4n) is 2.09. The maximum Gasteiger partial charge on any atom is 0.184 e. The molecular formula is C14H12BrN3OS. The second-order valence-corrected chi connectivity index (χ2v) is 5.65. The van der Waals surface area contributed by atoms with Crippen LogP contribution >= 0.6 is 28.1 Å². The van der Waals surface area contributed by atoms with Gasteiger partial charge < -0.3 is 9.72 Å². The number of rotatable bonds is 2. The number of aryl methyl sites for hydroxylation is 1. The summed E-state index contributed by atoms with van der Waals surface area (Å²) in [7, 11) is 1.64. The molecule has 0 bridgehead atoms. The molecule has 0 unspecified atom stereocenters. The van der Waals surface area contributed by atoms with Crippen LogP contribution in [0, 0.1) is 11.7 Å². The molecule has 0 amide bonds. The molecule has 3 rings (SSSR count). The summed E-state index contributed by atoms with van der Waals surface area (Å²) in [6.07, 6.45) is 0. The normalized spacial score (nSPS) is 10.9. The van der Waals surface area contributed by atoms with Crippen LogP contribution in [0.4, 0.5) is 0 Å². The van der Waals surface area contributed by atoms with Crippen LogP contribution in [0.25, 0.3) is 16.9 Å². The van der Waals surface area contributed by atoms with Gasteiger partial charge in [0, 0.05) is 16.2 Å². The van der Waals surface area contributed by atoms with Crippen LogP contribution < -0.4 is 4.74 Å². The van der Waals surface area contributed by atoms with Crippen molar-refractivity contribution >= 4 is 39.3 Å². The minimum absolute atomic E-state index is 0.604. The second kappa shape index (κ2) is 5.03. The van der Waals surface area contributed by atoms with E-state index in [0.29, 0.717) is 4.77 Å². The minimum atomic E-state index is 0.604. The Kier molecular flexibility index (Phi) is 3.35. The van der Waals surface area contributed by atoms with E-state index < -0.39 is 0 Å². The van der Waals surface area contributed by atoms with Gasteiger partial charge >= 0.3 is 0 Å². The van der Waals surface area contributed by atoms with E-state index in [2.05, 4.69) is 25.9 Å². The van der Waals surface area contributed by atoms with Crippen molar-refractivity contribution in [3.63, 3.8) is 0 Å². The van der Waals surface area contributed by atoms with Gasteiger partial charge in [0.1, 0.15) is 5.75 Å². The zero-order valence-corrected chi connectivity index (χ0v) is 13.4. The summed E-state index contributed by atoms with van der Waals surface area (Å²) >= 11 is 8.98. The molecule has 4 nitrogen and oxygen atoms in total. The average Bonchev–Trinajstić information content (AvgIpc) is 2.75. The van der Waals surface area contributed by atoms with Crippen LogP contribution in [0.5, 0.6) is 5.75 Å². The van der Waals surface area contributed by atoms with E-state index in [1.54, 1.807) is 7.11 Å². The molecule has 1 N–H and O–H groups in total. The zero-order valence-electron chi connectivity index (χ0n) is 11.0. The van der Waals surface area contributed by atoms with Gasteiger partial charge in [-0.05, 0) is 59.3 Å². The van der Waals surface area contributed by atoms with Crippen LogP contribution in [0.2, 0.25) is 0 Å². The third kappa shape index (κ3) is 2.14. The number of nitrogens with one attached hydrogen (secondary N) is 1. The Bertz CT molecular complexity index is 853. The standard InChI is InChI=1S/C14H12BrN3OS/c1-8-3-6-11-13(16-8)18(14(20)17-11)12-7-9(19-2)4-5-10(12)15/h3-7H,1-2H3,(H,17,20). The van der Waals surface area contributed by atoms with Gasteiger partial charge in [0.25, 0.3) is 0 Å². The SMILES string of the molecule is COc1ccc(Br)c(-n2c(=S)[nH]c3ccc(C)nc32)c1. The molecule has 0 atom stereocenters. The molecule has 2 heterocycles. The van der Waals surface area contributed by atoms with E-state index in [0.717, 1.165) is 32.8 Å². The lowest BCUT2D eigenvalue weighted by atomic mass is 10.3. The van der Waals surface area contributed by atoms with E-state index in [9.17, 15) is 0 Å². The maximum atomic E-state index is 5.42. The van der Waals surface area contributed by atoms with Crippen molar-refractivity contribution in [2.45, 2.75) is 6.92 Å². The van der Waals surface area contributed by atoms with Crippen molar-refractivity contribution in [3.05, 3.63) is 45.3 Å². The molecule has 0 radical (unpaired) electrons. The van der Waals surface area contributed by atoms with Crippen molar-refractivity contribution in [1.82, 2.24) is 14.5 Å². The minimum Gasteiger partial charge on any atom is -0.497 e. The largest absolute Gasteiger partial charge is 0.497 e. The topological polar surface area (TPSA) is 42.8 Å². The van der Waals surface area contributed by atoms with Gasteiger partial charge in [-0.15, -0.1) is 0 Å². The molecule has 0 saturated heterocycles. The van der Waals surface area contributed by atoms with Gasteiger partial charge in [0.05, 0.1) is 18.3 Å².